The lowest BCUT2D eigenvalue weighted by molar-refractivity contribution is 0.191. The molecule has 0 saturated carbocycles. The smallest absolute Gasteiger partial charge is 0.0636 e. The summed E-state index contributed by atoms with van der Waals surface area (Å²) < 4.78 is 0. The number of aliphatic hydroxyl groups excluding tert-OH is 1. The number of anilines is 1. The maximum absolute atomic E-state index is 9.01. The molecule has 0 saturated heterocycles. The molecule has 1 aromatic carbocycles. The van der Waals surface area contributed by atoms with Crippen LogP contribution in [-0.2, 0) is 6.42 Å². The molecule has 3 nitrogen and oxygen atoms in total. The molecule has 4 N–H and O–H groups in total. The van der Waals surface area contributed by atoms with E-state index in [9.17, 15) is 0 Å². The van der Waals surface area contributed by atoms with Crippen molar-refractivity contribution in [2.24, 2.45) is 0 Å². The Balaban J connectivity index is 2.25. The van der Waals surface area contributed by atoms with Gasteiger partial charge in [0.25, 0.3) is 0 Å². The maximum Gasteiger partial charge on any atom is 0.0636 e. The molecule has 3 heteroatoms. The standard InChI is InChI=1S/C11H18N2O/c1-9(14)8-13-6-5-10-3-2-4-11(12)7-10/h2-4,7,9,13-14H,5-6,8,12H2,1H3. The van der Waals surface area contributed by atoms with E-state index in [0.717, 1.165) is 18.7 Å². The van der Waals surface area contributed by atoms with Gasteiger partial charge in [0.1, 0.15) is 0 Å². The topological polar surface area (TPSA) is 58.3 Å². The van der Waals surface area contributed by atoms with Crippen LogP contribution in [0.15, 0.2) is 24.3 Å². The summed E-state index contributed by atoms with van der Waals surface area (Å²) in [4.78, 5) is 0. The zero-order valence-corrected chi connectivity index (χ0v) is 8.53. The molecule has 0 heterocycles. The summed E-state index contributed by atoms with van der Waals surface area (Å²) in [5, 5.41) is 12.2. The lowest BCUT2D eigenvalue weighted by atomic mass is 10.1. The molecule has 0 aliphatic carbocycles. The monoisotopic (exact) mass is 194 g/mol. The van der Waals surface area contributed by atoms with Gasteiger partial charge in [0.15, 0.2) is 0 Å². The van der Waals surface area contributed by atoms with E-state index >= 15 is 0 Å². The zero-order chi connectivity index (χ0) is 10.4. The summed E-state index contributed by atoms with van der Waals surface area (Å²) in [6, 6.07) is 7.87. The van der Waals surface area contributed by atoms with Gasteiger partial charge in [-0.25, -0.2) is 0 Å². The summed E-state index contributed by atoms with van der Waals surface area (Å²) in [6.45, 7) is 3.28. The Bertz CT molecular complexity index is 274. The molecule has 1 rings (SSSR count). The van der Waals surface area contributed by atoms with Crippen LogP contribution in [0.3, 0.4) is 0 Å². The molecule has 14 heavy (non-hydrogen) atoms. The van der Waals surface area contributed by atoms with E-state index in [2.05, 4.69) is 11.4 Å². The van der Waals surface area contributed by atoms with Gasteiger partial charge >= 0.3 is 0 Å². The average Bonchev–Trinajstić information content (AvgIpc) is 2.12. The molecule has 0 aliphatic heterocycles. The fourth-order valence-electron chi connectivity index (χ4n) is 1.29. The maximum atomic E-state index is 9.01. The van der Waals surface area contributed by atoms with Crippen LogP contribution in [0.1, 0.15) is 12.5 Å². The molecule has 1 atom stereocenters. The fraction of sp³-hybridized carbons (Fsp3) is 0.455. The second-order valence-electron chi connectivity index (χ2n) is 3.55. The Morgan fingerprint density at radius 1 is 1.50 bits per heavy atom. The Labute approximate surface area is 84.9 Å². The van der Waals surface area contributed by atoms with E-state index in [1.165, 1.54) is 5.56 Å². The van der Waals surface area contributed by atoms with Gasteiger partial charge in [0.2, 0.25) is 0 Å². The van der Waals surface area contributed by atoms with Crippen molar-refractivity contribution in [1.29, 1.82) is 0 Å². The largest absolute Gasteiger partial charge is 0.399 e. The van der Waals surface area contributed by atoms with Crippen LogP contribution in [0.4, 0.5) is 5.69 Å². The molecule has 0 amide bonds. The minimum absolute atomic E-state index is 0.282. The Morgan fingerprint density at radius 3 is 2.93 bits per heavy atom. The number of benzene rings is 1. The van der Waals surface area contributed by atoms with Gasteiger partial charge in [-0.1, -0.05) is 12.1 Å². The first-order valence-corrected chi connectivity index (χ1v) is 4.91. The zero-order valence-electron chi connectivity index (χ0n) is 8.53. The van der Waals surface area contributed by atoms with Gasteiger partial charge in [0, 0.05) is 12.2 Å². The second kappa shape index (κ2) is 5.62. The third-order valence-corrected chi connectivity index (χ3v) is 1.98. The van der Waals surface area contributed by atoms with Crippen molar-refractivity contribution in [1.82, 2.24) is 5.32 Å². The number of hydrogen-bond donors (Lipinski definition) is 3. The number of aliphatic hydroxyl groups is 1. The average molecular weight is 194 g/mol. The van der Waals surface area contributed by atoms with E-state index in [1.54, 1.807) is 6.92 Å². The molecular weight excluding hydrogens is 176 g/mol. The van der Waals surface area contributed by atoms with Crippen LogP contribution >= 0.6 is 0 Å². The molecular formula is C11H18N2O. The van der Waals surface area contributed by atoms with Gasteiger partial charge in [-0.05, 0) is 37.6 Å². The van der Waals surface area contributed by atoms with Crippen molar-refractivity contribution in [2.75, 3.05) is 18.8 Å². The Kier molecular flexibility index (Phi) is 4.43. The highest BCUT2D eigenvalue weighted by molar-refractivity contribution is 5.40. The number of hydrogen-bond acceptors (Lipinski definition) is 3. The van der Waals surface area contributed by atoms with E-state index < -0.39 is 0 Å². The second-order valence-corrected chi connectivity index (χ2v) is 3.55. The molecule has 0 spiro atoms. The highest BCUT2D eigenvalue weighted by Gasteiger charge is 1.95. The number of nitrogen functional groups attached to an aromatic ring is 1. The van der Waals surface area contributed by atoms with Crippen molar-refractivity contribution in [3.63, 3.8) is 0 Å². The predicted octanol–water partition coefficient (Wildman–Crippen LogP) is 0.782. The summed E-state index contributed by atoms with van der Waals surface area (Å²) in [5.74, 6) is 0. The summed E-state index contributed by atoms with van der Waals surface area (Å²) >= 11 is 0. The molecule has 1 aromatic rings. The lowest BCUT2D eigenvalue weighted by Gasteiger charge is -2.06. The molecule has 0 aromatic heterocycles. The number of nitrogens with two attached hydrogens (primary N) is 1. The van der Waals surface area contributed by atoms with E-state index in [1.807, 2.05) is 18.2 Å². The first-order valence-electron chi connectivity index (χ1n) is 4.91. The van der Waals surface area contributed by atoms with Gasteiger partial charge in [-0.15, -0.1) is 0 Å². The van der Waals surface area contributed by atoms with E-state index in [0.29, 0.717) is 6.54 Å². The minimum atomic E-state index is -0.282. The number of nitrogens with one attached hydrogen (secondary N) is 1. The van der Waals surface area contributed by atoms with Crippen molar-refractivity contribution >= 4 is 5.69 Å². The Morgan fingerprint density at radius 2 is 2.29 bits per heavy atom. The predicted molar refractivity (Wildman–Crippen MR) is 59.1 cm³/mol. The van der Waals surface area contributed by atoms with Crippen molar-refractivity contribution < 1.29 is 5.11 Å². The van der Waals surface area contributed by atoms with Crippen LogP contribution in [-0.4, -0.2) is 24.3 Å². The number of rotatable bonds is 5. The quantitative estimate of drug-likeness (QED) is 0.479. The molecule has 0 fully saturated rings. The van der Waals surface area contributed by atoms with Crippen LogP contribution in [0.2, 0.25) is 0 Å². The molecule has 0 bridgehead atoms. The van der Waals surface area contributed by atoms with Crippen molar-refractivity contribution in [2.45, 2.75) is 19.4 Å². The highest BCUT2D eigenvalue weighted by Crippen LogP contribution is 2.06. The normalized spacial score (nSPS) is 12.7. The van der Waals surface area contributed by atoms with Gasteiger partial charge in [0.05, 0.1) is 6.10 Å². The summed E-state index contributed by atoms with van der Waals surface area (Å²) in [5.41, 5.74) is 7.68. The van der Waals surface area contributed by atoms with Gasteiger partial charge < -0.3 is 16.2 Å². The van der Waals surface area contributed by atoms with Crippen LogP contribution in [0.25, 0.3) is 0 Å². The van der Waals surface area contributed by atoms with Crippen molar-refractivity contribution in [3.8, 4) is 0 Å². The summed E-state index contributed by atoms with van der Waals surface area (Å²) in [7, 11) is 0. The third kappa shape index (κ3) is 4.25. The first kappa shape index (κ1) is 11.0. The van der Waals surface area contributed by atoms with E-state index in [4.69, 9.17) is 10.8 Å². The lowest BCUT2D eigenvalue weighted by Crippen LogP contribution is -2.26. The third-order valence-electron chi connectivity index (χ3n) is 1.98. The minimum Gasteiger partial charge on any atom is -0.399 e. The molecule has 0 aliphatic rings. The SMILES string of the molecule is CC(O)CNCCc1cccc(N)c1. The van der Waals surface area contributed by atoms with Crippen molar-refractivity contribution in [3.05, 3.63) is 29.8 Å². The van der Waals surface area contributed by atoms with Gasteiger partial charge in [-0.2, -0.15) is 0 Å². The van der Waals surface area contributed by atoms with Gasteiger partial charge in [-0.3, -0.25) is 0 Å². The molecule has 78 valence electrons. The van der Waals surface area contributed by atoms with Crippen LogP contribution in [0.5, 0.6) is 0 Å². The molecule has 0 radical (unpaired) electrons. The fourth-order valence-corrected chi connectivity index (χ4v) is 1.29. The highest BCUT2D eigenvalue weighted by atomic mass is 16.3. The van der Waals surface area contributed by atoms with Crippen LogP contribution in [0, 0.1) is 0 Å². The van der Waals surface area contributed by atoms with Crippen LogP contribution < -0.4 is 11.1 Å². The first-order chi connectivity index (χ1) is 6.68. The molecule has 1 unspecified atom stereocenters. The van der Waals surface area contributed by atoms with E-state index in [-0.39, 0.29) is 6.10 Å². The summed E-state index contributed by atoms with van der Waals surface area (Å²) in [6.07, 6.45) is 0.661. The Hall–Kier alpha value is -1.06.